The first kappa shape index (κ1) is 23.9. The largest absolute Gasteiger partial charge is 0.463 e. The highest BCUT2D eigenvalue weighted by atomic mass is 16.5. The lowest BCUT2D eigenvalue weighted by atomic mass is 10.1. The standard InChI is InChI=1S/C22H30N8O3/c1-3-4-11-33-22-27-20(23)19-21(28-22)30(14(2)26-19)13-16-7-5-15(6-8-16)12-25-17(31)9-10-18(32)29-24/h5-8H,3-4,9-13,24H2,1-2H3,(H,25,31)(H,29,32)(H2,23,27,28). The Bertz CT molecular complexity index is 1110. The lowest BCUT2D eigenvalue weighted by Crippen LogP contribution is -2.31. The van der Waals surface area contributed by atoms with Gasteiger partial charge in [-0.05, 0) is 24.5 Å². The van der Waals surface area contributed by atoms with E-state index >= 15 is 0 Å². The molecule has 2 heterocycles. The second kappa shape index (κ2) is 11.2. The number of nitrogens with one attached hydrogen (secondary N) is 2. The number of hydrogen-bond acceptors (Lipinski definition) is 8. The van der Waals surface area contributed by atoms with E-state index in [1.807, 2.05) is 41.2 Å². The third kappa shape index (κ3) is 6.39. The molecule has 0 atom stereocenters. The number of ether oxygens (including phenoxy) is 1. The van der Waals surface area contributed by atoms with Crippen LogP contribution in [0, 0.1) is 6.92 Å². The molecular formula is C22H30N8O3. The molecule has 2 aromatic heterocycles. The quantitative estimate of drug-likeness (QED) is 0.146. The molecule has 0 saturated heterocycles. The number of benzene rings is 1. The van der Waals surface area contributed by atoms with Crippen LogP contribution in [0.25, 0.3) is 11.2 Å². The maximum Gasteiger partial charge on any atom is 0.320 e. The maximum atomic E-state index is 11.8. The maximum absolute atomic E-state index is 11.8. The number of anilines is 1. The summed E-state index contributed by atoms with van der Waals surface area (Å²) in [7, 11) is 0. The van der Waals surface area contributed by atoms with E-state index in [2.05, 4.69) is 27.2 Å². The Morgan fingerprint density at radius 2 is 1.76 bits per heavy atom. The van der Waals surface area contributed by atoms with Gasteiger partial charge in [0.05, 0.1) is 13.2 Å². The smallest absolute Gasteiger partial charge is 0.320 e. The van der Waals surface area contributed by atoms with Crippen LogP contribution in [-0.2, 0) is 22.7 Å². The number of carbonyl (C=O) groups excluding carboxylic acids is 2. The Kier molecular flexibility index (Phi) is 8.14. The molecule has 33 heavy (non-hydrogen) atoms. The number of nitrogen functional groups attached to an aromatic ring is 1. The predicted octanol–water partition coefficient (Wildman–Crippen LogP) is 1.33. The van der Waals surface area contributed by atoms with Crippen molar-refractivity contribution in [2.75, 3.05) is 12.3 Å². The van der Waals surface area contributed by atoms with Gasteiger partial charge in [0.25, 0.3) is 0 Å². The number of carbonyl (C=O) groups is 2. The van der Waals surface area contributed by atoms with Gasteiger partial charge in [-0.3, -0.25) is 15.0 Å². The van der Waals surface area contributed by atoms with Gasteiger partial charge in [-0.15, -0.1) is 0 Å². The summed E-state index contributed by atoms with van der Waals surface area (Å²) in [5.41, 5.74) is 11.3. The van der Waals surface area contributed by atoms with Crippen LogP contribution < -0.4 is 27.1 Å². The van der Waals surface area contributed by atoms with Crippen molar-refractivity contribution in [3.63, 3.8) is 0 Å². The summed E-state index contributed by atoms with van der Waals surface area (Å²) in [6.45, 7) is 5.44. The fourth-order valence-corrected chi connectivity index (χ4v) is 3.20. The van der Waals surface area contributed by atoms with E-state index in [4.69, 9.17) is 16.3 Å². The van der Waals surface area contributed by atoms with Crippen molar-refractivity contribution in [2.24, 2.45) is 5.84 Å². The van der Waals surface area contributed by atoms with Crippen LogP contribution >= 0.6 is 0 Å². The normalized spacial score (nSPS) is 10.9. The third-order valence-corrected chi connectivity index (χ3v) is 5.11. The third-order valence-electron chi connectivity index (χ3n) is 5.11. The predicted molar refractivity (Wildman–Crippen MR) is 124 cm³/mol. The summed E-state index contributed by atoms with van der Waals surface area (Å²) in [5.74, 6) is 5.49. The van der Waals surface area contributed by atoms with E-state index in [1.54, 1.807) is 0 Å². The number of aryl methyl sites for hydroxylation is 1. The molecule has 2 amide bonds. The molecule has 11 nitrogen and oxygen atoms in total. The molecule has 0 fully saturated rings. The summed E-state index contributed by atoms with van der Waals surface area (Å²) in [4.78, 5) is 36.2. The van der Waals surface area contributed by atoms with E-state index in [1.165, 1.54) is 0 Å². The van der Waals surface area contributed by atoms with Crippen LogP contribution in [0.1, 0.15) is 49.6 Å². The summed E-state index contributed by atoms with van der Waals surface area (Å²) in [5, 5.41) is 2.79. The van der Waals surface area contributed by atoms with Crippen molar-refractivity contribution in [3.8, 4) is 6.01 Å². The monoisotopic (exact) mass is 454 g/mol. The van der Waals surface area contributed by atoms with Crippen LogP contribution in [0.4, 0.5) is 5.82 Å². The minimum Gasteiger partial charge on any atom is -0.463 e. The minimum atomic E-state index is -0.372. The van der Waals surface area contributed by atoms with Crippen LogP contribution in [0.15, 0.2) is 24.3 Å². The molecule has 6 N–H and O–H groups in total. The molecule has 0 unspecified atom stereocenters. The van der Waals surface area contributed by atoms with Crippen LogP contribution in [0.2, 0.25) is 0 Å². The van der Waals surface area contributed by atoms with E-state index < -0.39 is 0 Å². The number of nitrogens with zero attached hydrogens (tertiary/aromatic N) is 4. The van der Waals surface area contributed by atoms with Crippen molar-refractivity contribution >= 4 is 28.8 Å². The first-order chi connectivity index (χ1) is 15.9. The van der Waals surface area contributed by atoms with Gasteiger partial charge >= 0.3 is 6.01 Å². The Hall–Kier alpha value is -3.73. The zero-order valence-corrected chi connectivity index (χ0v) is 18.9. The second-order valence-corrected chi connectivity index (χ2v) is 7.67. The SMILES string of the molecule is CCCCOc1nc(N)c2nc(C)n(Cc3ccc(CNC(=O)CCC(=O)NN)cc3)c2n1. The first-order valence-electron chi connectivity index (χ1n) is 10.9. The number of unbranched alkanes of at least 4 members (excludes halogenated alkanes) is 1. The number of hydrogen-bond donors (Lipinski definition) is 4. The zero-order chi connectivity index (χ0) is 23.8. The molecule has 3 aromatic rings. The Morgan fingerprint density at radius 3 is 2.45 bits per heavy atom. The number of nitrogens with two attached hydrogens (primary N) is 2. The molecule has 0 aliphatic carbocycles. The average Bonchev–Trinajstić information content (AvgIpc) is 3.12. The van der Waals surface area contributed by atoms with Crippen LogP contribution in [0.5, 0.6) is 6.01 Å². The van der Waals surface area contributed by atoms with Gasteiger partial charge < -0.3 is 20.4 Å². The molecule has 0 spiro atoms. The number of aromatic nitrogens is 4. The molecular weight excluding hydrogens is 424 g/mol. The molecule has 0 bridgehead atoms. The number of fused-ring (bicyclic) bond motifs is 1. The van der Waals surface area contributed by atoms with Gasteiger partial charge in [0.15, 0.2) is 17.0 Å². The van der Waals surface area contributed by atoms with Crippen molar-refractivity contribution in [2.45, 2.75) is 52.6 Å². The summed E-state index contributed by atoms with van der Waals surface area (Å²) >= 11 is 0. The highest BCUT2D eigenvalue weighted by Gasteiger charge is 2.15. The van der Waals surface area contributed by atoms with Crippen molar-refractivity contribution in [1.82, 2.24) is 30.3 Å². The van der Waals surface area contributed by atoms with Gasteiger partial charge in [0.2, 0.25) is 11.8 Å². The molecule has 0 radical (unpaired) electrons. The van der Waals surface area contributed by atoms with E-state index in [0.717, 1.165) is 29.8 Å². The topological polar surface area (TPSA) is 163 Å². The van der Waals surface area contributed by atoms with Crippen molar-refractivity contribution in [3.05, 3.63) is 41.2 Å². The fraction of sp³-hybridized carbons (Fsp3) is 0.409. The van der Waals surface area contributed by atoms with Gasteiger partial charge in [0, 0.05) is 19.4 Å². The molecule has 0 aliphatic rings. The van der Waals surface area contributed by atoms with Crippen molar-refractivity contribution < 1.29 is 14.3 Å². The number of amides is 2. The summed E-state index contributed by atoms with van der Waals surface area (Å²) in [6.07, 6.45) is 2.07. The van der Waals surface area contributed by atoms with Gasteiger partial charge in [0.1, 0.15) is 5.82 Å². The van der Waals surface area contributed by atoms with Gasteiger partial charge in [-0.2, -0.15) is 9.97 Å². The minimum absolute atomic E-state index is 0.0545. The number of imidazole rings is 1. The summed E-state index contributed by atoms with van der Waals surface area (Å²) in [6, 6.07) is 8.11. The van der Waals surface area contributed by atoms with Gasteiger partial charge in [-0.25, -0.2) is 10.8 Å². The first-order valence-corrected chi connectivity index (χ1v) is 10.9. The van der Waals surface area contributed by atoms with Crippen LogP contribution in [-0.4, -0.2) is 37.9 Å². The molecule has 0 saturated carbocycles. The molecule has 176 valence electrons. The van der Waals surface area contributed by atoms with E-state index in [9.17, 15) is 9.59 Å². The fourth-order valence-electron chi connectivity index (χ4n) is 3.20. The highest BCUT2D eigenvalue weighted by Crippen LogP contribution is 2.22. The number of rotatable bonds is 11. The lowest BCUT2D eigenvalue weighted by molar-refractivity contribution is -0.126. The molecule has 1 aromatic carbocycles. The highest BCUT2D eigenvalue weighted by molar-refractivity contribution is 5.83. The average molecular weight is 455 g/mol. The molecule has 0 aliphatic heterocycles. The van der Waals surface area contributed by atoms with Crippen molar-refractivity contribution in [1.29, 1.82) is 0 Å². The Balaban J connectivity index is 1.66. The Labute approximate surface area is 191 Å². The number of hydrazine groups is 1. The molecule has 11 heteroatoms. The van der Waals surface area contributed by atoms with Crippen LogP contribution in [0.3, 0.4) is 0 Å². The lowest BCUT2D eigenvalue weighted by Gasteiger charge is -2.10. The summed E-state index contributed by atoms with van der Waals surface area (Å²) < 4.78 is 7.61. The zero-order valence-electron chi connectivity index (χ0n) is 18.9. The Morgan fingerprint density at radius 1 is 1.06 bits per heavy atom. The van der Waals surface area contributed by atoms with E-state index in [0.29, 0.717) is 36.7 Å². The second-order valence-electron chi connectivity index (χ2n) is 7.67. The van der Waals surface area contributed by atoms with Gasteiger partial charge in [-0.1, -0.05) is 37.6 Å². The van der Waals surface area contributed by atoms with E-state index in [-0.39, 0.29) is 30.7 Å². The molecule has 3 rings (SSSR count).